The lowest BCUT2D eigenvalue weighted by atomic mass is 9.93. The molecule has 1 aromatic rings. The molecule has 2 atom stereocenters. The van der Waals surface area contributed by atoms with Crippen LogP contribution in [0, 0.1) is 16.0 Å². The Morgan fingerprint density at radius 1 is 1.48 bits per heavy atom. The van der Waals surface area contributed by atoms with Gasteiger partial charge in [-0.1, -0.05) is 12.1 Å². The maximum atomic E-state index is 10.7. The van der Waals surface area contributed by atoms with E-state index in [1.807, 2.05) is 0 Å². The zero-order chi connectivity index (χ0) is 15.2. The van der Waals surface area contributed by atoms with Gasteiger partial charge in [0.05, 0.1) is 11.0 Å². The molecule has 21 heavy (non-hydrogen) atoms. The molecule has 1 saturated heterocycles. The molecular formula is C15H22N2O4. The summed E-state index contributed by atoms with van der Waals surface area (Å²) in [6, 6.07) is 6.44. The number of aliphatic hydroxyl groups excluding tert-OH is 1. The molecular weight excluding hydrogens is 272 g/mol. The van der Waals surface area contributed by atoms with E-state index < -0.39 is 11.0 Å². The van der Waals surface area contributed by atoms with Crippen molar-refractivity contribution >= 4 is 5.69 Å². The molecule has 1 heterocycles. The van der Waals surface area contributed by atoms with E-state index in [9.17, 15) is 15.2 Å². The Labute approximate surface area is 124 Å². The minimum absolute atomic E-state index is 0.00373. The van der Waals surface area contributed by atoms with Gasteiger partial charge in [-0.3, -0.25) is 10.1 Å². The molecule has 0 aromatic heterocycles. The van der Waals surface area contributed by atoms with Crippen molar-refractivity contribution in [2.45, 2.75) is 31.9 Å². The predicted octanol–water partition coefficient (Wildman–Crippen LogP) is 2.03. The van der Waals surface area contributed by atoms with Crippen molar-refractivity contribution in [3.05, 3.63) is 39.9 Å². The average molecular weight is 294 g/mol. The minimum atomic E-state index is -0.743. The molecule has 0 saturated carbocycles. The van der Waals surface area contributed by atoms with Gasteiger partial charge in [-0.05, 0) is 31.2 Å². The molecule has 6 heteroatoms. The number of hydrogen-bond acceptors (Lipinski definition) is 5. The molecule has 2 unspecified atom stereocenters. The molecule has 1 aliphatic heterocycles. The van der Waals surface area contributed by atoms with E-state index in [4.69, 9.17) is 4.74 Å². The number of nitro groups is 1. The lowest BCUT2D eigenvalue weighted by molar-refractivity contribution is -0.385. The number of nitro benzene ring substituents is 1. The molecule has 1 fully saturated rings. The second kappa shape index (κ2) is 7.49. The summed E-state index contributed by atoms with van der Waals surface area (Å²) in [7, 11) is 0. The van der Waals surface area contributed by atoms with E-state index in [0.29, 0.717) is 24.1 Å². The molecule has 2 rings (SSSR count). The van der Waals surface area contributed by atoms with Gasteiger partial charge in [-0.15, -0.1) is 0 Å². The van der Waals surface area contributed by atoms with Gasteiger partial charge >= 0.3 is 0 Å². The van der Waals surface area contributed by atoms with Crippen molar-refractivity contribution in [2.75, 3.05) is 19.8 Å². The van der Waals surface area contributed by atoms with Crippen LogP contribution >= 0.6 is 0 Å². The smallest absolute Gasteiger partial charge is 0.269 e. The van der Waals surface area contributed by atoms with E-state index in [0.717, 1.165) is 26.1 Å². The molecule has 0 aliphatic carbocycles. The summed E-state index contributed by atoms with van der Waals surface area (Å²) in [5, 5.41) is 24.2. The van der Waals surface area contributed by atoms with Crippen LogP contribution in [0.2, 0.25) is 0 Å². The van der Waals surface area contributed by atoms with Gasteiger partial charge < -0.3 is 15.2 Å². The molecule has 1 aromatic carbocycles. The minimum Gasteiger partial charge on any atom is -0.387 e. The van der Waals surface area contributed by atoms with Crippen molar-refractivity contribution in [2.24, 2.45) is 5.92 Å². The third-order valence-electron chi connectivity index (χ3n) is 4.07. The number of benzene rings is 1. The van der Waals surface area contributed by atoms with Crippen LogP contribution in [0.15, 0.2) is 24.3 Å². The van der Waals surface area contributed by atoms with Crippen molar-refractivity contribution in [3.63, 3.8) is 0 Å². The second-order valence-electron chi connectivity index (χ2n) is 5.51. The summed E-state index contributed by atoms with van der Waals surface area (Å²) in [5.74, 6) is 0.552. The van der Waals surface area contributed by atoms with Gasteiger partial charge in [0.25, 0.3) is 5.69 Å². The SMILES string of the molecule is CC(NCC(O)c1cccc([N+](=O)[O-])c1)C1CCOCC1. The number of nitrogens with zero attached hydrogens (tertiary/aromatic N) is 1. The summed E-state index contributed by atoms with van der Waals surface area (Å²) in [4.78, 5) is 10.3. The van der Waals surface area contributed by atoms with Crippen LogP contribution in [0.25, 0.3) is 0 Å². The zero-order valence-corrected chi connectivity index (χ0v) is 12.2. The summed E-state index contributed by atoms with van der Waals surface area (Å²) in [6.45, 7) is 4.09. The molecule has 116 valence electrons. The standard InChI is InChI=1S/C15H22N2O4/c1-11(12-5-7-21-8-6-12)16-10-15(18)13-3-2-4-14(9-13)17(19)20/h2-4,9,11-12,15-16,18H,5-8,10H2,1H3. The Kier molecular flexibility index (Phi) is 5.67. The third-order valence-corrected chi connectivity index (χ3v) is 4.07. The summed E-state index contributed by atoms with van der Waals surface area (Å²) in [5.41, 5.74) is 0.569. The highest BCUT2D eigenvalue weighted by Gasteiger charge is 2.21. The van der Waals surface area contributed by atoms with E-state index in [1.165, 1.54) is 12.1 Å². The van der Waals surface area contributed by atoms with Gasteiger partial charge in [0.1, 0.15) is 0 Å². The lowest BCUT2D eigenvalue weighted by Gasteiger charge is -2.29. The number of nitrogens with one attached hydrogen (secondary N) is 1. The van der Waals surface area contributed by atoms with Crippen LogP contribution in [0.3, 0.4) is 0 Å². The van der Waals surface area contributed by atoms with Gasteiger partial charge in [0, 0.05) is 37.9 Å². The Morgan fingerprint density at radius 2 is 2.19 bits per heavy atom. The van der Waals surface area contributed by atoms with Crippen molar-refractivity contribution in [3.8, 4) is 0 Å². The molecule has 6 nitrogen and oxygen atoms in total. The van der Waals surface area contributed by atoms with E-state index in [2.05, 4.69) is 12.2 Å². The molecule has 0 spiro atoms. The fraction of sp³-hybridized carbons (Fsp3) is 0.600. The number of non-ortho nitro benzene ring substituents is 1. The van der Waals surface area contributed by atoms with Gasteiger partial charge in [0.2, 0.25) is 0 Å². The monoisotopic (exact) mass is 294 g/mol. The highest BCUT2D eigenvalue weighted by atomic mass is 16.6. The summed E-state index contributed by atoms with van der Waals surface area (Å²) in [6.07, 6.45) is 1.31. The largest absolute Gasteiger partial charge is 0.387 e. The highest BCUT2D eigenvalue weighted by molar-refractivity contribution is 5.35. The quantitative estimate of drug-likeness (QED) is 0.619. The normalized spacial score (nSPS) is 19.1. The predicted molar refractivity (Wildman–Crippen MR) is 79.1 cm³/mol. The van der Waals surface area contributed by atoms with Gasteiger partial charge in [-0.25, -0.2) is 0 Å². The topological polar surface area (TPSA) is 84.6 Å². The van der Waals surface area contributed by atoms with Crippen LogP contribution in [0.1, 0.15) is 31.4 Å². The average Bonchev–Trinajstić information content (AvgIpc) is 2.53. The zero-order valence-electron chi connectivity index (χ0n) is 12.2. The van der Waals surface area contributed by atoms with Crippen LogP contribution in [0.5, 0.6) is 0 Å². The number of ether oxygens (including phenoxy) is 1. The third kappa shape index (κ3) is 4.49. The number of aliphatic hydroxyl groups is 1. The number of hydrogen-bond donors (Lipinski definition) is 2. The first-order chi connectivity index (χ1) is 10.1. The number of rotatable bonds is 6. The van der Waals surface area contributed by atoms with Crippen molar-refractivity contribution in [1.29, 1.82) is 0 Å². The van der Waals surface area contributed by atoms with E-state index in [-0.39, 0.29) is 5.69 Å². The Bertz CT molecular complexity index is 474. The summed E-state index contributed by atoms with van der Waals surface area (Å²) >= 11 is 0. The Morgan fingerprint density at radius 3 is 2.86 bits per heavy atom. The van der Waals surface area contributed by atoms with Crippen LogP contribution in [0.4, 0.5) is 5.69 Å². The molecule has 2 N–H and O–H groups in total. The maximum absolute atomic E-state index is 10.7. The molecule has 0 amide bonds. The van der Waals surface area contributed by atoms with Gasteiger partial charge in [0.15, 0.2) is 0 Å². The highest BCUT2D eigenvalue weighted by Crippen LogP contribution is 2.21. The van der Waals surface area contributed by atoms with Crippen LogP contribution < -0.4 is 5.32 Å². The van der Waals surface area contributed by atoms with Gasteiger partial charge in [-0.2, -0.15) is 0 Å². The van der Waals surface area contributed by atoms with Crippen molar-refractivity contribution in [1.82, 2.24) is 5.32 Å². The first-order valence-corrected chi connectivity index (χ1v) is 7.31. The molecule has 0 bridgehead atoms. The Hall–Kier alpha value is -1.50. The molecule has 0 radical (unpaired) electrons. The maximum Gasteiger partial charge on any atom is 0.269 e. The lowest BCUT2D eigenvalue weighted by Crippen LogP contribution is -2.38. The fourth-order valence-electron chi connectivity index (χ4n) is 2.64. The first-order valence-electron chi connectivity index (χ1n) is 7.31. The summed E-state index contributed by atoms with van der Waals surface area (Å²) < 4.78 is 5.34. The Balaban J connectivity index is 1.87. The van der Waals surface area contributed by atoms with E-state index >= 15 is 0 Å². The van der Waals surface area contributed by atoms with Crippen LogP contribution in [-0.2, 0) is 4.74 Å². The van der Waals surface area contributed by atoms with E-state index in [1.54, 1.807) is 12.1 Å². The van der Waals surface area contributed by atoms with Crippen molar-refractivity contribution < 1.29 is 14.8 Å². The molecule has 1 aliphatic rings. The second-order valence-corrected chi connectivity index (χ2v) is 5.51. The first kappa shape index (κ1) is 15.9. The fourth-order valence-corrected chi connectivity index (χ4v) is 2.64. The van der Waals surface area contributed by atoms with Crippen LogP contribution in [-0.4, -0.2) is 35.8 Å².